The summed E-state index contributed by atoms with van der Waals surface area (Å²) >= 11 is 4.81. The van der Waals surface area contributed by atoms with Crippen LogP contribution in [0.5, 0.6) is 0 Å². The molecular weight excluding hydrogens is 251 g/mol. The van der Waals surface area contributed by atoms with Crippen LogP contribution >= 0.6 is 12.2 Å². The number of hydrogen-bond donors (Lipinski definition) is 1. The number of amides is 1. The number of thiocarbonyl (C=S) groups is 1. The van der Waals surface area contributed by atoms with Crippen molar-refractivity contribution in [2.45, 2.75) is 26.3 Å². The molecule has 0 aliphatic rings. The van der Waals surface area contributed by atoms with Gasteiger partial charge in [-0.25, -0.2) is 4.39 Å². The van der Waals surface area contributed by atoms with Gasteiger partial charge in [0.05, 0.1) is 18.0 Å². The lowest BCUT2D eigenvalue weighted by Gasteiger charge is -2.26. The second-order valence-electron chi connectivity index (χ2n) is 4.35. The molecule has 1 amide bonds. The lowest BCUT2D eigenvalue weighted by Crippen LogP contribution is -2.43. The summed E-state index contributed by atoms with van der Waals surface area (Å²) in [5.74, 6) is -0.548. The molecule has 0 radical (unpaired) electrons. The number of carbonyl (C=O) groups is 1. The van der Waals surface area contributed by atoms with E-state index in [2.05, 4.69) is 0 Å². The Morgan fingerprint density at radius 2 is 2.06 bits per heavy atom. The summed E-state index contributed by atoms with van der Waals surface area (Å²) in [5.41, 5.74) is 5.84. The summed E-state index contributed by atoms with van der Waals surface area (Å²) in [6.07, 6.45) is 0.0213. The fraction of sp³-hybridized carbons (Fsp3) is 0.385. The van der Waals surface area contributed by atoms with E-state index < -0.39 is 0 Å². The Balaban J connectivity index is 2.79. The van der Waals surface area contributed by atoms with Crippen LogP contribution in [0.3, 0.4) is 0 Å². The summed E-state index contributed by atoms with van der Waals surface area (Å²) < 4.78 is 13.5. The number of hydrogen-bond acceptors (Lipinski definition) is 2. The SMILES string of the molecule is CC(C)N(CC(N)=S)C(=O)Cc1ccccc1F. The normalized spacial score (nSPS) is 10.4. The highest BCUT2D eigenvalue weighted by Gasteiger charge is 2.19. The van der Waals surface area contributed by atoms with Gasteiger partial charge in [0, 0.05) is 6.04 Å². The first-order valence-corrected chi connectivity index (χ1v) is 6.13. The minimum Gasteiger partial charge on any atom is -0.392 e. The molecule has 0 bridgehead atoms. The highest BCUT2D eigenvalue weighted by Crippen LogP contribution is 2.10. The van der Waals surface area contributed by atoms with Crippen LogP contribution in [-0.4, -0.2) is 28.4 Å². The summed E-state index contributed by atoms with van der Waals surface area (Å²) in [5, 5.41) is 0. The maximum absolute atomic E-state index is 13.5. The van der Waals surface area contributed by atoms with E-state index in [1.165, 1.54) is 6.07 Å². The largest absolute Gasteiger partial charge is 0.392 e. The highest BCUT2D eigenvalue weighted by molar-refractivity contribution is 7.80. The Bertz CT molecular complexity index is 448. The maximum Gasteiger partial charge on any atom is 0.227 e. The smallest absolute Gasteiger partial charge is 0.227 e. The third-order valence-corrected chi connectivity index (χ3v) is 2.70. The standard InChI is InChI=1S/C13H17FN2OS/c1-9(2)16(8-12(15)18)13(17)7-10-5-3-4-6-11(10)14/h3-6,9H,7-8H2,1-2H3,(H2,15,18). The molecule has 1 aromatic rings. The van der Waals surface area contributed by atoms with Gasteiger partial charge in [0.25, 0.3) is 0 Å². The van der Waals surface area contributed by atoms with Crippen molar-refractivity contribution in [1.29, 1.82) is 0 Å². The summed E-state index contributed by atoms with van der Waals surface area (Å²) in [4.78, 5) is 13.9. The molecule has 0 aliphatic heterocycles. The van der Waals surface area contributed by atoms with Crippen LogP contribution in [0, 0.1) is 5.82 Å². The molecule has 3 nitrogen and oxygen atoms in total. The summed E-state index contributed by atoms with van der Waals surface area (Å²) in [6.45, 7) is 3.97. The molecular formula is C13H17FN2OS. The van der Waals surface area contributed by atoms with E-state index in [0.717, 1.165) is 0 Å². The first-order chi connectivity index (χ1) is 8.41. The van der Waals surface area contributed by atoms with Gasteiger partial charge in [0.15, 0.2) is 0 Å². The second kappa shape index (κ2) is 6.44. The molecule has 0 spiro atoms. The highest BCUT2D eigenvalue weighted by atomic mass is 32.1. The van der Waals surface area contributed by atoms with Crippen molar-refractivity contribution in [1.82, 2.24) is 4.90 Å². The van der Waals surface area contributed by atoms with Gasteiger partial charge in [-0.1, -0.05) is 30.4 Å². The van der Waals surface area contributed by atoms with E-state index in [1.54, 1.807) is 23.1 Å². The topological polar surface area (TPSA) is 46.3 Å². The zero-order chi connectivity index (χ0) is 13.7. The Hall–Kier alpha value is -1.49. The molecule has 1 rings (SSSR count). The average Bonchev–Trinajstić information content (AvgIpc) is 2.28. The van der Waals surface area contributed by atoms with Crippen molar-refractivity contribution >= 4 is 23.1 Å². The Morgan fingerprint density at radius 1 is 1.44 bits per heavy atom. The number of rotatable bonds is 5. The average molecular weight is 268 g/mol. The Labute approximate surface area is 112 Å². The fourth-order valence-electron chi connectivity index (χ4n) is 1.63. The van der Waals surface area contributed by atoms with Crippen molar-refractivity contribution in [2.75, 3.05) is 6.54 Å². The molecule has 18 heavy (non-hydrogen) atoms. The van der Waals surface area contributed by atoms with Crippen molar-refractivity contribution in [3.63, 3.8) is 0 Å². The van der Waals surface area contributed by atoms with E-state index in [-0.39, 0.29) is 35.7 Å². The van der Waals surface area contributed by atoms with E-state index in [4.69, 9.17) is 18.0 Å². The van der Waals surface area contributed by atoms with Crippen LogP contribution in [0.1, 0.15) is 19.4 Å². The third kappa shape index (κ3) is 4.07. The minimum absolute atomic E-state index is 0.0213. The van der Waals surface area contributed by atoms with E-state index >= 15 is 0 Å². The molecule has 0 aromatic heterocycles. The molecule has 1 aromatic carbocycles. The van der Waals surface area contributed by atoms with Crippen molar-refractivity contribution < 1.29 is 9.18 Å². The van der Waals surface area contributed by atoms with Crippen molar-refractivity contribution in [3.8, 4) is 0 Å². The predicted molar refractivity (Wildman–Crippen MR) is 73.7 cm³/mol. The Morgan fingerprint density at radius 3 is 2.56 bits per heavy atom. The predicted octanol–water partition coefficient (Wildman–Crippen LogP) is 1.89. The van der Waals surface area contributed by atoms with Crippen LogP contribution in [0.2, 0.25) is 0 Å². The number of benzene rings is 1. The fourth-order valence-corrected chi connectivity index (χ4v) is 1.77. The number of nitrogens with two attached hydrogens (primary N) is 1. The van der Waals surface area contributed by atoms with Gasteiger partial charge in [-0.2, -0.15) is 0 Å². The zero-order valence-corrected chi connectivity index (χ0v) is 11.3. The lowest BCUT2D eigenvalue weighted by atomic mass is 10.1. The number of carbonyl (C=O) groups excluding carboxylic acids is 1. The molecule has 5 heteroatoms. The number of nitrogens with zero attached hydrogens (tertiary/aromatic N) is 1. The molecule has 0 aliphatic carbocycles. The third-order valence-electron chi connectivity index (χ3n) is 2.57. The van der Waals surface area contributed by atoms with Gasteiger partial charge in [-0.15, -0.1) is 0 Å². The van der Waals surface area contributed by atoms with Gasteiger partial charge in [-0.3, -0.25) is 4.79 Å². The van der Waals surface area contributed by atoms with Gasteiger partial charge < -0.3 is 10.6 Å². The maximum atomic E-state index is 13.5. The quantitative estimate of drug-likeness (QED) is 0.830. The van der Waals surface area contributed by atoms with Gasteiger partial charge >= 0.3 is 0 Å². The zero-order valence-electron chi connectivity index (χ0n) is 10.5. The van der Waals surface area contributed by atoms with Crippen LogP contribution in [0.15, 0.2) is 24.3 Å². The van der Waals surface area contributed by atoms with E-state index in [9.17, 15) is 9.18 Å². The van der Waals surface area contributed by atoms with Crippen molar-refractivity contribution in [3.05, 3.63) is 35.6 Å². The monoisotopic (exact) mass is 268 g/mol. The number of halogens is 1. The summed E-state index contributed by atoms with van der Waals surface area (Å²) in [7, 11) is 0. The molecule has 98 valence electrons. The van der Waals surface area contributed by atoms with Crippen LogP contribution in [0.4, 0.5) is 4.39 Å². The minimum atomic E-state index is -0.370. The van der Waals surface area contributed by atoms with E-state index in [0.29, 0.717) is 5.56 Å². The van der Waals surface area contributed by atoms with Crippen molar-refractivity contribution in [2.24, 2.45) is 5.73 Å². The van der Waals surface area contributed by atoms with E-state index in [1.807, 2.05) is 13.8 Å². The molecule has 0 unspecified atom stereocenters. The molecule has 2 N–H and O–H groups in total. The molecule has 0 atom stereocenters. The van der Waals surface area contributed by atoms with Crippen LogP contribution in [-0.2, 0) is 11.2 Å². The first-order valence-electron chi connectivity index (χ1n) is 5.73. The molecule has 0 saturated heterocycles. The lowest BCUT2D eigenvalue weighted by molar-refractivity contribution is -0.131. The summed E-state index contributed by atoms with van der Waals surface area (Å²) in [6, 6.07) is 6.23. The molecule has 0 heterocycles. The van der Waals surface area contributed by atoms with Gasteiger partial charge in [0.2, 0.25) is 5.91 Å². The van der Waals surface area contributed by atoms with Crippen LogP contribution in [0.25, 0.3) is 0 Å². The van der Waals surface area contributed by atoms with Gasteiger partial charge in [-0.05, 0) is 25.5 Å². The second-order valence-corrected chi connectivity index (χ2v) is 4.87. The molecule has 0 fully saturated rings. The van der Waals surface area contributed by atoms with Crippen LogP contribution < -0.4 is 5.73 Å². The first kappa shape index (κ1) is 14.6. The Kier molecular flexibility index (Phi) is 5.22. The molecule has 0 saturated carbocycles. The van der Waals surface area contributed by atoms with Gasteiger partial charge in [0.1, 0.15) is 5.82 Å².